The molecule has 1 aliphatic heterocycles. The van der Waals surface area contributed by atoms with Gasteiger partial charge in [-0.2, -0.15) is 0 Å². The van der Waals surface area contributed by atoms with E-state index >= 15 is 0 Å². The molecule has 0 bridgehead atoms. The molecular formula is C24H21FO5. The smallest absolute Gasteiger partial charge is 0.344 e. The summed E-state index contributed by atoms with van der Waals surface area (Å²) in [7, 11) is 0. The van der Waals surface area contributed by atoms with Crippen LogP contribution in [-0.2, 0) is 27.5 Å². The van der Waals surface area contributed by atoms with Gasteiger partial charge in [0.05, 0.1) is 6.61 Å². The van der Waals surface area contributed by atoms with Crippen LogP contribution in [0.3, 0.4) is 0 Å². The average Bonchev–Trinajstić information content (AvgIpc) is 2.77. The van der Waals surface area contributed by atoms with E-state index in [2.05, 4.69) is 0 Å². The van der Waals surface area contributed by atoms with Gasteiger partial charge >= 0.3 is 5.97 Å². The molecular weight excluding hydrogens is 387 g/mol. The highest BCUT2D eigenvalue weighted by Gasteiger charge is 2.25. The number of hydrogen-bond donors (Lipinski definition) is 0. The van der Waals surface area contributed by atoms with Crippen LogP contribution in [-0.4, -0.2) is 12.6 Å². The van der Waals surface area contributed by atoms with Crippen LogP contribution in [0.25, 0.3) is 0 Å². The molecule has 30 heavy (non-hydrogen) atoms. The third-order valence-electron chi connectivity index (χ3n) is 4.72. The molecule has 0 radical (unpaired) electrons. The van der Waals surface area contributed by atoms with Crippen molar-refractivity contribution < 1.29 is 28.1 Å². The van der Waals surface area contributed by atoms with Gasteiger partial charge in [0, 0.05) is 16.7 Å². The van der Waals surface area contributed by atoms with E-state index in [0.717, 1.165) is 11.1 Å². The molecule has 0 N–H and O–H groups in total. The van der Waals surface area contributed by atoms with E-state index in [1.54, 1.807) is 6.07 Å². The Kier molecular flexibility index (Phi) is 5.95. The molecule has 0 amide bonds. The van der Waals surface area contributed by atoms with Crippen molar-refractivity contribution in [2.75, 3.05) is 6.61 Å². The van der Waals surface area contributed by atoms with Crippen LogP contribution in [0, 0.1) is 12.7 Å². The number of aryl methyl sites for hydroxylation is 1. The van der Waals surface area contributed by atoms with Crippen LogP contribution >= 0.6 is 0 Å². The fraction of sp³-hybridized carbons (Fsp3) is 0.208. The van der Waals surface area contributed by atoms with Crippen molar-refractivity contribution in [3.8, 4) is 11.5 Å². The minimum atomic E-state index is -0.608. The van der Waals surface area contributed by atoms with E-state index in [4.69, 9.17) is 18.9 Å². The van der Waals surface area contributed by atoms with Crippen LogP contribution in [0.1, 0.15) is 28.5 Å². The van der Waals surface area contributed by atoms with Crippen LogP contribution in [0.5, 0.6) is 11.5 Å². The SMILES string of the molecule is Cc1ccccc1OCC(=O)OCc1cc(F)cc2c1OC(c1ccccc1)OC2. The van der Waals surface area contributed by atoms with Crippen molar-refractivity contribution in [3.05, 3.63) is 94.8 Å². The van der Waals surface area contributed by atoms with Gasteiger partial charge < -0.3 is 18.9 Å². The molecule has 1 atom stereocenters. The van der Waals surface area contributed by atoms with Gasteiger partial charge in [0.15, 0.2) is 6.61 Å². The summed E-state index contributed by atoms with van der Waals surface area (Å²) in [6, 6.07) is 19.5. The minimum absolute atomic E-state index is 0.127. The summed E-state index contributed by atoms with van der Waals surface area (Å²) in [5.41, 5.74) is 2.79. The van der Waals surface area contributed by atoms with Gasteiger partial charge in [-0.3, -0.25) is 0 Å². The average molecular weight is 408 g/mol. The highest BCUT2D eigenvalue weighted by atomic mass is 19.1. The molecule has 4 rings (SSSR count). The third kappa shape index (κ3) is 4.60. The van der Waals surface area contributed by atoms with Crippen molar-refractivity contribution in [2.45, 2.75) is 26.4 Å². The number of hydrogen-bond acceptors (Lipinski definition) is 5. The zero-order chi connectivity index (χ0) is 20.9. The van der Waals surface area contributed by atoms with Crippen molar-refractivity contribution in [1.29, 1.82) is 0 Å². The van der Waals surface area contributed by atoms with Gasteiger partial charge in [-0.1, -0.05) is 48.5 Å². The molecule has 3 aromatic carbocycles. The van der Waals surface area contributed by atoms with Gasteiger partial charge in [-0.25, -0.2) is 9.18 Å². The molecule has 1 unspecified atom stereocenters. The number of ether oxygens (including phenoxy) is 4. The topological polar surface area (TPSA) is 54.0 Å². The molecule has 5 nitrogen and oxygen atoms in total. The van der Waals surface area contributed by atoms with E-state index in [9.17, 15) is 9.18 Å². The van der Waals surface area contributed by atoms with E-state index in [1.165, 1.54) is 12.1 Å². The minimum Gasteiger partial charge on any atom is -0.482 e. The second-order valence-corrected chi connectivity index (χ2v) is 6.94. The van der Waals surface area contributed by atoms with Crippen molar-refractivity contribution in [1.82, 2.24) is 0 Å². The number of para-hydroxylation sites is 1. The molecule has 0 spiro atoms. The number of benzene rings is 3. The Morgan fingerprint density at radius 1 is 1.10 bits per heavy atom. The van der Waals surface area contributed by atoms with Gasteiger partial charge in [-0.15, -0.1) is 0 Å². The normalized spacial score (nSPS) is 15.1. The number of fused-ring (bicyclic) bond motifs is 1. The predicted molar refractivity (Wildman–Crippen MR) is 107 cm³/mol. The second kappa shape index (κ2) is 8.97. The van der Waals surface area contributed by atoms with E-state index in [-0.39, 0.29) is 19.8 Å². The lowest BCUT2D eigenvalue weighted by Gasteiger charge is -2.28. The number of halogens is 1. The van der Waals surface area contributed by atoms with Crippen molar-refractivity contribution in [2.24, 2.45) is 0 Å². The summed E-state index contributed by atoms with van der Waals surface area (Å²) in [6.07, 6.45) is -0.608. The highest BCUT2D eigenvalue weighted by molar-refractivity contribution is 5.71. The van der Waals surface area contributed by atoms with Crippen LogP contribution in [0.2, 0.25) is 0 Å². The van der Waals surface area contributed by atoms with Crippen LogP contribution in [0.15, 0.2) is 66.7 Å². The van der Waals surface area contributed by atoms with Crippen molar-refractivity contribution >= 4 is 5.97 Å². The summed E-state index contributed by atoms with van der Waals surface area (Å²) >= 11 is 0. The number of carbonyl (C=O) groups is 1. The quantitative estimate of drug-likeness (QED) is 0.545. The maximum absolute atomic E-state index is 14.0. The largest absolute Gasteiger partial charge is 0.482 e. The Hall–Kier alpha value is -3.38. The number of carbonyl (C=O) groups excluding carboxylic acids is 1. The molecule has 6 heteroatoms. The fourth-order valence-electron chi connectivity index (χ4n) is 3.21. The Bertz CT molecular complexity index is 1040. The van der Waals surface area contributed by atoms with Crippen LogP contribution in [0.4, 0.5) is 4.39 Å². The Balaban J connectivity index is 1.43. The molecule has 0 fully saturated rings. The summed E-state index contributed by atoms with van der Waals surface area (Å²) in [6.45, 7) is 1.72. The van der Waals surface area contributed by atoms with Crippen LogP contribution < -0.4 is 9.47 Å². The first-order valence-electron chi connectivity index (χ1n) is 9.58. The maximum atomic E-state index is 14.0. The molecule has 1 heterocycles. The lowest BCUT2D eigenvalue weighted by Crippen LogP contribution is -2.20. The molecule has 1 aliphatic rings. The highest BCUT2D eigenvalue weighted by Crippen LogP contribution is 2.36. The summed E-state index contributed by atoms with van der Waals surface area (Å²) in [4.78, 5) is 12.1. The summed E-state index contributed by atoms with van der Waals surface area (Å²) in [5, 5.41) is 0. The van der Waals surface area contributed by atoms with Gasteiger partial charge in [-0.05, 0) is 30.7 Å². The number of rotatable bonds is 6. The Labute approximate surface area is 174 Å². The summed E-state index contributed by atoms with van der Waals surface area (Å²) in [5.74, 6) is 0.0946. The molecule has 3 aromatic rings. The first-order chi connectivity index (χ1) is 14.6. The lowest BCUT2D eigenvalue weighted by atomic mass is 10.1. The lowest BCUT2D eigenvalue weighted by molar-refractivity contribution is -0.147. The van der Waals surface area contributed by atoms with E-state index in [1.807, 2.05) is 55.5 Å². The first kappa shape index (κ1) is 19.9. The zero-order valence-electron chi connectivity index (χ0n) is 16.5. The second-order valence-electron chi connectivity index (χ2n) is 6.94. The Morgan fingerprint density at radius 2 is 1.87 bits per heavy atom. The maximum Gasteiger partial charge on any atom is 0.344 e. The molecule has 0 aromatic heterocycles. The van der Waals surface area contributed by atoms with Gasteiger partial charge in [0.2, 0.25) is 6.29 Å². The zero-order valence-corrected chi connectivity index (χ0v) is 16.5. The third-order valence-corrected chi connectivity index (χ3v) is 4.72. The first-order valence-corrected chi connectivity index (χ1v) is 9.58. The van der Waals surface area contributed by atoms with E-state index < -0.39 is 18.1 Å². The fourth-order valence-corrected chi connectivity index (χ4v) is 3.21. The monoisotopic (exact) mass is 408 g/mol. The van der Waals surface area contributed by atoms with Crippen molar-refractivity contribution in [3.63, 3.8) is 0 Å². The Morgan fingerprint density at radius 3 is 2.67 bits per heavy atom. The predicted octanol–water partition coefficient (Wildman–Crippen LogP) is 4.86. The van der Waals surface area contributed by atoms with E-state index in [0.29, 0.717) is 22.6 Å². The van der Waals surface area contributed by atoms with Gasteiger partial charge in [0.1, 0.15) is 23.9 Å². The summed E-state index contributed by atoms with van der Waals surface area (Å²) < 4.78 is 36.5. The molecule has 0 aliphatic carbocycles. The molecule has 0 saturated carbocycles. The standard InChI is InChI=1S/C24H21FO5/c1-16-7-5-6-10-21(16)27-15-22(26)28-13-18-11-20(25)12-19-14-29-24(30-23(18)19)17-8-3-2-4-9-17/h2-12,24H,13-15H2,1H3. The number of esters is 1. The molecule has 0 saturated heterocycles. The molecule has 154 valence electrons. The van der Waals surface area contributed by atoms with Gasteiger partial charge in [0.25, 0.3) is 0 Å².